The summed E-state index contributed by atoms with van der Waals surface area (Å²) in [7, 11) is 0.916. The molecule has 1 heterocycles. The number of amides is 1. The van der Waals surface area contributed by atoms with Crippen LogP contribution in [0.3, 0.4) is 0 Å². The average Bonchev–Trinajstić information content (AvgIpc) is 3.04. The van der Waals surface area contributed by atoms with Gasteiger partial charge in [0.25, 0.3) is 5.91 Å². The van der Waals surface area contributed by atoms with Crippen LogP contribution in [0, 0.1) is 24.4 Å². The molecule has 0 aliphatic carbocycles. The van der Waals surface area contributed by atoms with Crippen LogP contribution >= 0.6 is 0 Å². The van der Waals surface area contributed by atoms with Gasteiger partial charge in [0, 0.05) is 19.7 Å². The number of benzene rings is 2. The second-order valence-corrected chi connectivity index (χ2v) is 10.6. The van der Waals surface area contributed by atoms with Crippen molar-refractivity contribution in [1.82, 2.24) is 10.2 Å². The normalized spacial score (nSPS) is 14.9. The van der Waals surface area contributed by atoms with Crippen molar-refractivity contribution >= 4 is 17.3 Å². The van der Waals surface area contributed by atoms with Crippen LogP contribution in [0.25, 0.3) is 0 Å². The fraction of sp³-hybridized carbons (Fsp3) is 0.528. The highest BCUT2D eigenvalue weighted by molar-refractivity contribution is 6.01. The Kier molecular flexibility index (Phi) is 20.8. The highest BCUT2D eigenvalue weighted by atomic mass is 19.4. The highest BCUT2D eigenvalue weighted by Gasteiger charge is 2.49. The first-order valence-corrected chi connectivity index (χ1v) is 16.3. The maximum Gasteiger partial charge on any atom is 0.415 e. The molecular formula is C36H53F6N3O3. The molecule has 272 valence electrons. The average molecular weight is 690 g/mol. The summed E-state index contributed by atoms with van der Waals surface area (Å²) in [4.78, 5) is 14.1. The van der Waals surface area contributed by atoms with Crippen molar-refractivity contribution in [3.63, 3.8) is 0 Å². The van der Waals surface area contributed by atoms with Crippen LogP contribution in [0.1, 0.15) is 83.7 Å². The molecule has 1 unspecified atom stereocenters. The summed E-state index contributed by atoms with van der Waals surface area (Å²) in [6, 6.07) is 4.96. The standard InChI is InChI=1S/C23H25F6N3O3.C9H16.2C2H6/c1-12-4-7-17(16(25)8-12)31-20-14(5-6-15(24)19(20)26)21(33)32-10-22(34,11-32)13(2)30-9-18(35-3)23(27,28)29;1-3-5-7-9-8-6-4-2;2*1-2/h4-8,13,18,30-31,34H,9-11H2,1-3H3;3-6H,7-9H2,1-2H3;2*1-2H3/b;5-3-,6-4-;;/t13-,18?;;;/m0.../s1. The van der Waals surface area contributed by atoms with Gasteiger partial charge in [-0.1, -0.05) is 58.1 Å². The predicted molar refractivity (Wildman–Crippen MR) is 182 cm³/mol. The molecule has 1 aliphatic rings. The molecule has 1 saturated heterocycles. The lowest BCUT2D eigenvalue weighted by molar-refractivity contribution is -0.212. The molecule has 1 fully saturated rings. The van der Waals surface area contributed by atoms with Gasteiger partial charge in [0.05, 0.1) is 30.0 Å². The fourth-order valence-electron chi connectivity index (χ4n) is 4.40. The van der Waals surface area contributed by atoms with E-state index in [9.17, 15) is 36.2 Å². The third-order valence-electron chi connectivity index (χ3n) is 7.20. The van der Waals surface area contributed by atoms with Crippen LogP contribution in [-0.2, 0) is 4.74 Å². The number of carbonyl (C=O) groups excluding carboxylic acids is 1. The number of anilines is 2. The lowest BCUT2D eigenvalue weighted by atomic mass is 9.86. The minimum Gasteiger partial charge on any atom is -0.385 e. The van der Waals surface area contributed by atoms with Crippen molar-refractivity contribution in [3.05, 3.63) is 83.2 Å². The summed E-state index contributed by atoms with van der Waals surface area (Å²) in [6.45, 7) is 14.1. The van der Waals surface area contributed by atoms with Crippen LogP contribution in [-0.4, -0.2) is 66.6 Å². The number of nitrogens with zero attached hydrogens (tertiary/aromatic N) is 1. The molecule has 0 spiro atoms. The fourth-order valence-corrected chi connectivity index (χ4v) is 4.40. The number of ether oxygens (including phenoxy) is 1. The van der Waals surface area contributed by atoms with Crippen LogP contribution in [0.15, 0.2) is 54.6 Å². The molecule has 0 radical (unpaired) electrons. The smallest absolute Gasteiger partial charge is 0.385 e. The second-order valence-electron chi connectivity index (χ2n) is 10.6. The Labute approximate surface area is 282 Å². The van der Waals surface area contributed by atoms with Crippen molar-refractivity contribution in [2.24, 2.45) is 0 Å². The molecule has 2 aromatic rings. The third kappa shape index (κ3) is 13.6. The predicted octanol–water partition coefficient (Wildman–Crippen LogP) is 9.26. The van der Waals surface area contributed by atoms with Crippen LogP contribution in [0.2, 0.25) is 0 Å². The molecule has 1 aliphatic heterocycles. The summed E-state index contributed by atoms with van der Waals surface area (Å²) in [5, 5.41) is 15.7. The minimum absolute atomic E-state index is 0.176. The van der Waals surface area contributed by atoms with E-state index in [1.54, 1.807) is 13.0 Å². The first-order chi connectivity index (χ1) is 22.7. The zero-order chi connectivity index (χ0) is 37.1. The van der Waals surface area contributed by atoms with E-state index < -0.39 is 59.5 Å². The molecule has 2 aromatic carbocycles. The number of β-amino-alcohol motifs (C(OH)–C–C–N with tert-alkyl or cyclic N) is 1. The number of rotatable bonds is 12. The number of likely N-dealkylation sites (tertiary alicyclic amines) is 1. The Bertz CT molecular complexity index is 1280. The number of hydrogen-bond acceptors (Lipinski definition) is 5. The first kappa shape index (κ1) is 44.6. The maximum atomic E-state index is 14.6. The molecule has 2 atom stereocenters. The Morgan fingerprint density at radius 2 is 1.56 bits per heavy atom. The first-order valence-electron chi connectivity index (χ1n) is 16.3. The zero-order valence-electron chi connectivity index (χ0n) is 29.6. The van der Waals surface area contributed by atoms with E-state index in [1.165, 1.54) is 38.3 Å². The van der Waals surface area contributed by atoms with Crippen molar-refractivity contribution in [2.75, 3.05) is 32.1 Å². The number of hydrogen-bond donors (Lipinski definition) is 3. The van der Waals surface area contributed by atoms with E-state index in [2.05, 4.69) is 53.5 Å². The molecule has 0 aromatic heterocycles. The van der Waals surface area contributed by atoms with Gasteiger partial charge in [-0.2, -0.15) is 13.2 Å². The summed E-state index contributed by atoms with van der Waals surface area (Å²) in [6.07, 6.45) is 5.69. The van der Waals surface area contributed by atoms with Gasteiger partial charge in [-0.25, -0.2) is 13.2 Å². The third-order valence-corrected chi connectivity index (χ3v) is 7.20. The van der Waals surface area contributed by atoms with Gasteiger partial charge in [0.1, 0.15) is 11.4 Å². The summed E-state index contributed by atoms with van der Waals surface area (Å²) >= 11 is 0. The number of aryl methyl sites for hydroxylation is 1. The number of nitrogens with one attached hydrogen (secondary N) is 2. The molecule has 0 bridgehead atoms. The zero-order valence-corrected chi connectivity index (χ0v) is 29.6. The van der Waals surface area contributed by atoms with Gasteiger partial charge in [-0.05, 0) is 76.8 Å². The van der Waals surface area contributed by atoms with Crippen LogP contribution in [0.5, 0.6) is 0 Å². The van der Waals surface area contributed by atoms with E-state index in [4.69, 9.17) is 0 Å². The number of alkyl halides is 3. The van der Waals surface area contributed by atoms with Crippen molar-refractivity contribution in [3.8, 4) is 0 Å². The monoisotopic (exact) mass is 689 g/mol. The summed E-state index contributed by atoms with van der Waals surface area (Å²) in [5.74, 6) is -4.16. The Morgan fingerprint density at radius 1 is 1.00 bits per heavy atom. The second kappa shape index (κ2) is 22.3. The molecule has 48 heavy (non-hydrogen) atoms. The number of methoxy groups -OCH3 is 1. The lowest BCUT2D eigenvalue weighted by Gasteiger charge is -2.50. The molecular weight excluding hydrogens is 636 g/mol. The van der Waals surface area contributed by atoms with Crippen molar-refractivity contribution in [2.45, 2.75) is 98.6 Å². The molecule has 12 heteroatoms. The van der Waals surface area contributed by atoms with Gasteiger partial charge in [-0.15, -0.1) is 0 Å². The van der Waals surface area contributed by atoms with Gasteiger partial charge < -0.3 is 25.4 Å². The van der Waals surface area contributed by atoms with Gasteiger partial charge >= 0.3 is 6.18 Å². The van der Waals surface area contributed by atoms with E-state index in [0.29, 0.717) is 5.56 Å². The molecule has 0 saturated carbocycles. The number of halogens is 6. The van der Waals surface area contributed by atoms with E-state index >= 15 is 0 Å². The maximum absolute atomic E-state index is 14.6. The number of aliphatic hydroxyl groups is 1. The van der Waals surface area contributed by atoms with Gasteiger partial charge in [0.15, 0.2) is 17.7 Å². The number of carbonyl (C=O) groups is 1. The largest absolute Gasteiger partial charge is 0.415 e. The Balaban J connectivity index is 0.00000145. The quantitative estimate of drug-likeness (QED) is 0.118. The van der Waals surface area contributed by atoms with Crippen molar-refractivity contribution in [1.29, 1.82) is 0 Å². The summed E-state index contributed by atoms with van der Waals surface area (Å²) < 4.78 is 85.7. The van der Waals surface area contributed by atoms with E-state index in [1.807, 2.05) is 27.7 Å². The Hall–Kier alpha value is -3.35. The topological polar surface area (TPSA) is 73.8 Å². The van der Waals surface area contributed by atoms with Crippen LogP contribution < -0.4 is 10.6 Å². The molecule has 3 N–H and O–H groups in total. The number of allylic oxidation sites excluding steroid dienone is 4. The molecule has 3 rings (SSSR count). The SMILES string of the molecule is C/C=C\CCC/C=C\C.CC.CC.COC(CN[C@@H](C)C1(O)CN(C(=O)c2ccc(F)c(F)c2Nc2ccc(C)cc2F)C1)C(F)(F)F. The lowest BCUT2D eigenvalue weighted by Crippen LogP contribution is -2.71. The summed E-state index contributed by atoms with van der Waals surface area (Å²) in [5.41, 5.74) is -2.02. The molecule has 1 amide bonds. The molecule has 6 nitrogen and oxygen atoms in total. The van der Waals surface area contributed by atoms with E-state index in [0.717, 1.165) is 24.1 Å². The van der Waals surface area contributed by atoms with Crippen molar-refractivity contribution < 1.29 is 41.0 Å². The minimum atomic E-state index is -4.60. The Morgan fingerprint density at radius 3 is 2.04 bits per heavy atom. The van der Waals surface area contributed by atoms with E-state index in [-0.39, 0.29) is 24.3 Å². The highest BCUT2D eigenvalue weighted by Crippen LogP contribution is 2.33. The number of unbranched alkanes of at least 4 members (excludes halogenated alkanes) is 2. The van der Waals surface area contributed by atoms with Gasteiger partial charge in [0.2, 0.25) is 0 Å². The van der Waals surface area contributed by atoms with Gasteiger partial charge in [-0.3, -0.25) is 4.79 Å². The van der Waals surface area contributed by atoms with Crippen LogP contribution in [0.4, 0.5) is 37.7 Å².